The van der Waals surface area contributed by atoms with E-state index in [1.807, 2.05) is 30.3 Å². The summed E-state index contributed by atoms with van der Waals surface area (Å²) in [7, 11) is 1.52. The van der Waals surface area contributed by atoms with Crippen LogP contribution in [-0.2, 0) is 35.9 Å². The van der Waals surface area contributed by atoms with Gasteiger partial charge in [0.2, 0.25) is 5.88 Å². The first-order valence-corrected chi connectivity index (χ1v) is 19.1. The predicted molar refractivity (Wildman–Crippen MR) is 222 cm³/mol. The molecule has 294 valence electrons. The molecule has 0 bridgehead atoms. The quantitative estimate of drug-likeness (QED) is 0.116. The Hall–Kier alpha value is -5.83. The van der Waals surface area contributed by atoms with Crippen molar-refractivity contribution in [1.29, 1.82) is 15.8 Å². The Morgan fingerprint density at radius 2 is 1.17 bits per heavy atom. The highest BCUT2D eigenvalue weighted by Crippen LogP contribution is 2.39. The Morgan fingerprint density at radius 3 is 1.64 bits per heavy atom. The van der Waals surface area contributed by atoms with Gasteiger partial charge in [-0.2, -0.15) is 15.8 Å². The monoisotopic (exact) mass is 945 g/mol. The smallest absolute Gasteiger partial charge is 0.266 e. The van der Waals surface area contributed by atoms with Crippen molar-refractivity contribution in [2.45, 2.75) is 33.4 Å². The van der Waals surface area contributed by atoms with E-state index >= 15 is 0 Å². The van der Waals surface area contributed by atoms with Gasteiger partial charge in [0.15, 0.2) is 11.5 Å². The number of nitrogens with one attached hydrogen (secondary N) is 1. The minimum atomic E-state index is -0.342. The van der Waals surface area contributed by atoms with Gasteiger partial charge in [-0.3, -0.25) is 14.8 Å². The number of pyridine rings is 4. The Labute approximate surface area is 360 Å². The first-order chi connectivity index (χ1) is 28.1. The van der Waals surface area contributed by atoms with Gasteiger partial charge in [0.1, 0.15) is 20.4 Å². The molecule has 13 nitrogen and oxygen atoms in total. The largest absolute Gasteiger partial charge is 0.480 e. The number of methoxy groups -OCH3 is 1. The lowest BCUT2D eigenvalue weighted by Gasteiger charge is -2.15. The highest BCUT2D eigenvalue weighted by atomic mass is 79.9. The molecular formula is C41H31Br2Cl2N7O6. The zero-order valence-electron chi connectivity index (χ0n) is 30.7. The fourth-order valence-corrected chi connectivity index (χ4v) is 6.21. The standard InChI is InChI=1S/C20H15BrClN3O3.C19H13BrClN3O3.C2H3N/c1-26-20-18(21)19(28-17-7-14(9-23)6-16(22)8-17)15(10-25-20)12-27-11-13-2-4-24-5-3-13;20-17-18(27-16-6-13(8-22)5-15(21)7-16)14(9-24-19(17)25)11-26-10-12-1-3-23-4-2-12;1-2-3/h2-8,10H,11-12H2,1H3;1-7,9H,10-11H2,(H,24,25);1H3. The number of aromatic amines is 1. The number of aromatic nitrogens is 4. The van der Waals surface area contributed by atoms with Crippen LogP contribution in [0.1, 0.15) is 40.3 Å². The van der Waals surface area contributed by atoms with Crippen LogP contribution in [0.3, 0.4) is 0 Å². The molecule has 17 heteroatoms. The van der Waals surface area contributed by atoms with Crippen LogP contribution in [0, 0.1) is 34.0 Å². The Morgan fingerprint density at radius 1 is 0.707 bits per heavy atom. The molecule has 6 aromatic rings. The van der Waals surface area contributed by atoms with Crippen molar-refractivity contribution in [2.24, 2.45) is 0 Å². The fourth-order valence-electron chi connectivity index (χ4n) is 4.71. The summed E-state index contributed by atoms with van der Waals surface area (Å²) in [5.41, 5.74) is 3.74. The molecule has 0 saturated carbocycles. The zero-order chi connectivity index (χ0) is 41.9. The zero-order valence-corrected chi connectivity index (χ0v) is 35.4. The molecule has 4 heterocycles. The van der Waals surface area contributed by atoms with E-state index in [0.717, 1.165) is 11.1 Å². The molecule has 0 fully saturated rings. The van der Waals surface area contributed by atoms with Gasteiger partial charge in [-0.25, -0.2) is 4.98 Å². The number of halogens is 4. The summed E-state index contributed by atoms with van der Waals surface area (Å²) in [6.07, 6.45) is 9.97. The number of hydrogen-bond acceptors (Lipinski definition) is 12. The van der Waals surface area contributed by atoms with Gasteiger partial charge in [0, 0.05) is 65.3 Å². The molecule has 0 saturated heterocycles. The van der Waals surface area contributed by atoms with E-state index in [1.54, 1.807) is 67.4 Å². The third kappa shape index (κ3) is 13.7. The van der Waals surface area contributed by atoms with Crippen molar-refractivity contribution in [1.82, 2.24) is 19.9 Å². The van der Waals surface area contributed by atoms with Gasteiger partial charge in [-0.05, 0) is 104 Å². The number of rotatable bonds is 13. The van der Waals surface area contributed by atoms with Gasteiger partial charge >= 0.3 is 0 Å². The highest BCUT2D eigenvalue weighted by Gasteiger charge is 2.18. The van der Waals surface area contributed by atoms with Crippen molar-refractivity contribution in [3.63, 3.8) is 0 Å². The molecule has 0 radical (unpaired) electrons. The molecule has 0 amide bonds. The van der Waals surface area contributed by atoms with Gasteiger partial charge in [0.05, 0.1) is 62.9 Å². The van der Waals surface area contributed by atoms with E-state index in [2.05, 4.69) is 57.9 Å². The lowest BCUT2D eigenvalue weighted by atomic mass is 10.2. The number of nitrogens with zero attached hydrogens (tertiary/aromatic N) is 6. The van der Waals surface area contributed by atoms with E-state index in [-0.39, 0.29) is 23.2 Å². The van der Waals surface area contributed by atoms with Crippen LogP contribution in [0.25, 0.3) is 0 Å². The van der Waals surface area contributed by atoms with E-state index in [9.17, 15) is 4.79 Å². The number of ether oxygens (including phenoxy) is 5. The first kappa shape index (κ1) is 44.9. The second kappa shape index (κ2) is 23.4. The summed E-state index contributed by atoms with van der Waals surface area (Å²) in [5, 5.41) is 26.3. The molecule has 0 spiro atoms. The average Bonchev–Trinajstić information content (AvgIpc) is 3.22. The van der Waals surface area contributed by atoms with Crippen LogP contribution >= 0.6 is 55.1 Å². The predicted octanol–water partition coefficient (Wildman–Crippen LogP) is 10.4. The molecule has 0 aliphatic carbocycles. The van der Waals surface area contributed by atoms with E-state index in [0.29, 0.717) is 78.9 Å². The molecule has 0 atom stereocenters. The van der Waals surface area contributed by atoms with Crippen molar-refractivity contribution in [3.8, 4) is 47.1 Å². The minimum Gasteiger partial charge on any atom is -0.480 e. The van der Waals surface area contributed by atoms with Crippen LogP contribution < -0.4 is 19.8 Å². The summed E-state index contributed by atoms with van der Waals surface area (Å²) >= 11 is 18.8. The molecule has 58 heavy (non-hydrogen) atoms. The summed E-state index contributed by atoms with van der Waals surface area (Å²) in [6, 6.07) is 22.7. The maximum atomic E-state index is 12.0. The van der Waals surface area contributed by atoms with Crippen LogP contribution in [0.4, 0.5) is 0 Å². The summed E-state index contributed by atoms with van der Waals surface area (Å²) in [5.74, 6) is 1.93. The summed E-state index contributed by atoms with van der Waals surface area (Å²) < 4.78 is 29.4. The molecule has 6 rings (SSSR count). The topological polar surface area (TPSA) is 189 Å². The average molecular weight is 948 g/mol. The third-order valence-electron chi connectivity index (χ3n) is 7.27. The number of H-pyrrole nitrogens is 1. The van der Waals surface area contributed by atoms with Crippen LogP contribution in [0.15, 0.2) is 112 Å². The minimum absolute atomic E-state index is 0.207. The van der Waals surface area contributed by atoms with Crippen LogP contribution in [0.5, 0.6) is 28.9 Å². The van der Waals surface area contributed by atoms with Crippen LogP contribution in [-0.4, -0.2) is 27.0 Å². The Kier molecular flexibility index (Phi) is 18.1. The van der Waals surface area contributed by atoms with Gasteiger partial charge in [-0.1, -0.05) is 23.2 Å². The second-order valence-corrected chi connectivity index (χ2v) is 13.9. The molecule has 0 aliphatic rings. The number of nitriles is 3. The highest BCUT2D eigenvalue weighted by molar-refractivity contribution is 9.11. The number of hydrogen-bond donors (Lipinski definition) is 1. The van der Waals surface area contributed by atoms with Gasteiger partial charge in [-0.15, -0.1) is 0 Å². The summed E-state index contributed by atoms with van der Waals surface area (Å²) in [4.78, 5) is 26.8. The Balaban J connectivity index is 0.000000241. The fraction of sp³-hybridized carbons (Fsp3) is 0.146. The summed E-state index contributed by atoms with van der Waals surface area (Å²) in [6.45, 7) is 2.70. The van der Waals surface area contributed by atoms with E-state index in [4.69, 9.17) is 62.7 Å². The maximum Gasteiger partial charge on any atom is 0.266 e. The molecular weight excluding hydrogens is 917 g/mol. The van der Waals surface area contributed by atoms with Crippen molar-refractivity contribution < 1.29 is 23.7 Å². The van der Waals surface area contributed by atoms with Crippen molar-refractivity contribution in [2.75, 3.05) is 7.11 Å². The van der Waals surface area contributed by atoms with Crippen molar-refractivity contribution in [3.05, 3.63) is 161 Å². The third-order valence-corrected chi connectivity index (χ3v) is 9.13. The first-order valence-electron chi connectivity index (χ1n) is 16.7. The maximum absolute atomic E-state index is 12.0. The normalized spacial score (nSPS) is 9.98. The number of benzene rings is 2. The van der Waals surface area contributed by atoms with E-state index in [1.165, 1.54) is 26.3 Å². The molecule has 4 aromatic heterocycles. The van der Waals surface area contributed by atoms with E-state index < -0.39 is 0 Å². The SMILES string of the molecule is CC#N.COc1ncc(COCc2ccncc2)c(Oc2cc(Cl)cc(C#N)c2)c1Br.N#Cc1cc(Cl)cc(Oc2c(COCc3ccncc3)c[nH]c(=O)c2Br)c1. The Bertz CT molecular complexity index is 2490. The van der Waals surface area contributed by atoms with Gasteiger partial charge < -0.3 is 28.7 Å². The van der Waals surface area contributed by atoms with Crippen LogP contribution in [0.2, 0.25) is 10.0 Å². The van der Waals surface area contributed by atoms with Gasteiger partial charge in [0.25, 0.3) is 5.56 Å². The lowest BCUT2D eigenvalue weighted by molar-refractivity contribution is 0.105. The second-order valence-electron chi connectivity index (χ2n) is 11.4. The molecule has 1 N–H and O–H groups in total. The molecule has 0 aliphatic heterocycles. The lowest BCUT2D eigenvalue weighted by Crippen LogP contribution is -2.10. The van der Waals surface area contributed by atoms with Crippen molar-refractivity contribution >= 4 is 55.1 Å². The molecule has 2 aromatic carbocycles. The molecule has 0 unspecified atom stereocenters.